The van der Waals surface area contributed by atoms with Crippen LogP contribution in [0.25, 0.3) is 0 Å². The molecule has 0 aromatic heterocycles. The number of nitrogens with zero attached hydrogens (tertiary/aromatic N) is 1. The molecule has 5 nitrogen and oxygen atoms in total. The smallest absolute Gasteiger partial charge is 0.238 e. The van der Waals surface area contributed by atoms with Gasteiger partial charge in [0, 0.05) is 5.69 Å². The molecule has 0 bridgehead atoms. The molecule has 0 aliphatic heterocycles. The van der Waals surface area contributed by atoms with Crippen LogP contribution in [-0.2, 0) is 4.79 Å². The molecule has 5 heteroatoms. The van der Waals surface area contributed by atoms with E-state index in [1.165, 1.54) is 0 Å². The summed E-state index contributed by atoms with van der Waals surface area (Å²) in [6.45, 7) is 6.11. The van der Waals surface area contributed by atoms with Gasteiger partial charge in [0.2, 0.25) is 5.91 Å². The van der Waals surface area contributed by atoms with Gasteiger partial charge in [-0.1, -0.05) is 13.8 Å². The van der Waals surface area contributed by atoms with Crippen LogP contribution >= 0.6 is 0 Å². The molecule has 0 fully saturated rings. The number of carbonyl (C=O) groups is 1. The number of likely N-dealkylation sites (N-methyl/N-ethyl adjacent to an activating group) is 1. The van der Waals surface area contributed by atoms with Crippen molar-refractivity contribution in [2.24, 2.45) is 0 Å². The number of ether oxygens (including phenoxy) is 1. The standard InChI is InChI=1S/C13H21N3O2/c1-4-16(5-2)9-13(17)15-11-8-10(14)6-7-12(11)18-3/h6-8H,4-5,9,14H2,1-3H3,(H,15,17). The summed E-state index contributed by atoms with van der Waals surface area (Å²) in [6, 6.07) is 5.17. The van der Waals surface area contributed by atoms with Crippen molar-refractivity contribution < 1.29 is 9.53 Å². The lowest BCUT2D eigenvalue weighted by atomic mass is 10.2. The maximum atomic E-state index is 11.9. The van der Waals surface area contributed by atoms with E-state index in [1.807, 2.05) is 18.7 Å². The van der Waals surface area contributed by atoms with E-state index in [4.69, 9.17) is 10.5 Å². The van der Waals surface area contributed by atoms with E-state index in [9.17, 15) is 4.79 Å². The second-order valence-corrected chi connectivity index (χ2v) is 3.97. The number of amides is 1. The summed E-state index contributed by atoms with van der Waals surface area (Å²) in [5.74, 6) is 0.541. The summed E-state index contributed by atoms with van der Waals surface area (Å²) < 4.78 is 5.17. The van der Waals surface area contributed by atoms with Crippen LogP contribution < -0.4 is 15.8 Å². The van der Waals surface area contributed by atoms with Crippen LogP contribution in [0, 0.1) is 0 Å². The van der Waals surface area contributed by atoms with Crippen molar-refractivity contribution in [2.75, 3.05) is 37.8 Å². The Kier molecular flexibility index (Phi) is 5.45. The number of hydrogen-bond donors (Lipinski definition) is 2. The highest BCUT2D eigenvalue weighted by atomic mass is 16.5. The van der Waals surface area contributed by atoms with Crippen molar-refractivity contribution in [1.82, 2.24) is 4.90 Å². The van der Waals surface area contributed by atoms with Gasteiger partial charge in [-0.05, 0) is 31.3 Å². The fourth-order valence-corrected chi connectivity index (χ4v) is 1.66. The van der Waals surface area contributed by atoms with E-state index in [0.717, 1.165) is 13.1 Å². The predicted octanol–water partition coefficient (Wildman–Crippen LogP) is 1.56. The Labute approximate surface area is 108 Å². The van der Waals surface area contributed by atoms with E-state index >= 15 is 0 Å². The van der Waals surface area contributed by atoms with Gasteiger partial charge in [-0.25, -0.2) is 0 Å². The number of benzene rings is 1. The van der Waals surface area contributed by atoms with E-state index in [1.54, 1.807) is 25.3 Å². The van der Waals surface area contributed by atoms with Crippen molar-refractivity contribution in [1.29, 1.82) is 0 Å². The van der Waals surface area contributed by atoms with Crippen molar-refractivity contribution in [3.8, 4) is 5.75 Å². The van der Waals surface area contributed by atoms with Gasteiger partial charge in [-0.2, -0.15) is 0 Å². The fourth-order valence-electron chi connectivity index (χ4n) is 1.66. The number of nitrogens with two attached hydrogens (primary N) is 1. The Morgan fingerprint density at radius 2 is 2.06 bits per heavy atom. The first-order valence-corrected chi connectivity index (χ1v) is 6.06. The normalized spacial score (nSPS) is 10.4. The van der Waals surface area contributed by atoms with Crippen molar-refractivity contribution >= 4 is 17.3 Å². The van der Waals surface area contributed by atoms with Gasteiger partial charge in [0.25, 0.3) is 0 Å². The van der Waals surface area contributed by atoms with Crippen molar-refractivity contribution in [3.63, 3.8) is 0 Å². The Hall–Kier alpha value is -1.75. The fraction of sp³-hybridized carbons (Fsp3) is 0.462. The zero-order valence-electron chi connectivity index (χ0n) is 11.2. The minimum atomic E-state index is -0.0670. The third-order valence-corrected chi connectivity index (χ3v) is 2.76. The van der Waals surface area contributed by atoms with Crippen LogP contribution in [0.4, 0.5) is 11.4 Å². The largest absolute Gasteiger partial charge is 0.495 e. The summed E-state index contributed by atoms with van der Waals surface area (Å²) in [7, 11) is 1.56. The van der Waals surface area contributed by atoms with E-state index in [-0.39, 0.29) is 5.91 Å². The number of anilines is 2. The summed E-state index contributed by atoms with van der Waals surface area (Å²) >= 11 is 0. The molecule has 0 heterocycles. The molecule has 0 spiro atoms. The first-order chi connectivity index (χ1) is 8.60. The first-order valence-electron chi connectivity index (χ1n) is 6.06. The summed E-state index contributed by atoms with van der Waals surface area (Å²) in [5, 5.41) is 2.82. The second kappa shape index (κ2) is 6.86. The Morgan fingerprint density at radius 3 is 2.61 bits per heavy atom. The Balaban J connectivity index is 2.71. The molecule has 0 unspecified atom stereocenters. The van der Waals surface area contributed by atoms with Gasteiger partial charge in [0.05, 0.1) is 19.3 Å². The molecule has 100 valence electrons. The minimum absolute atomic E-state index is 0.0670. The third kappa shape index (κ3) is 3.92. The average molecular weight is 251 g/mol. The van der Waals surface area contributed by atoms with Gasteiger partial charge in [-0.15, -0.1) is 0 Å². The van der Waals surface area contributed by atoms with Crippen LogP contribution in [0.2, 0.25) is 0 Å². The maximum Gasteiger partial charge on any atom is 0.238 e. The molecule has 1 amide bonds. The highest BCUT2D eigenvalue weighted by molar-refractivity contribution is 5.94. The molecular weight excluding hydrogens is 230 g/mol. The van der Waals surface area contributed by atoms with Gasteiger partial charge in [0.15, 0.2) is 0 Å². The molecule has 0 radical (unpaired) electrons. The lowest BCUT2D eigenvalue weighted by Crippen LogP contribution is -2.33. The molecule has 3 N–H and O–H groups in total. The zero-order chi connectivity index (χ0) is 13.5. The molecule has 1 aromatic rings. The van der Waals surface area contributed by atoms with Crippen molar-refractivity contribution in [2.45, 2.75) is 13.8 Å². The summed E-state index contributed by atoms with van der Waals surface area (Å²) in [5.41, 5.74) is 6.89. The number of rotatable bonds is 6. The molecule has 0 aliphatic carbocycles. The molecule has 0 atom stereocenters. The van der Waals surface area contributed by atoms with Crippen molar-refractivity contribution in [3.05, 3.63) is 18.2 Å². The topological polar surface area (TPSA) is 67.6 Å². The molecule has 1 aromatic carbocycles. The Morgan fingerprint density at radius 1 is 1.39 bits per heavy atom. The molecule has 0 saturated carbocycles. The van der Waals surface area contributed by atoms with E-state index < -0.39 is 0 Å². The SMILES string of the molecule is CCN(CC)CC(=O)Nc1cc(N)ccc1OC. The molecule has 0 saturated heterocycles. The number of nitrogens with one attached hydrogen (secondary N) is 1. The lowest BCUT2D eigenvalue weighted by molar-refractivity contribution is -0.117. The zero-order valence-corrected chi connectivity index (χ0v) is 11.2. The Bertz CT molecular complexity index is 403. The van der Waals surface area contributed by atoms with E-state index in [2.05, 4.69) is 5.32 Å². The van der Waals surface area contributed by atoms with Gasteiger partial charge >= 0.3 is 0 Å². The van der Waals surface area contributed by atoms with Gasteiger partial charge < -0.3 is 15.8 Å². The molecule has 18 heavy (non-hydrogen) atoms. The highest BCUT2D eigenvalue weighted by Crippen LogP contribution is 2.26. The average Bonchev–Trinajstić information content (AvgIpc) is 2.36. The number of hydrogen-bond acceptors (Lipinski definition) is 4. The van der Waals surface area contributed by atoms with E-state index in [0.29, 0.717) is 23.7 Å². The van der Waals surface area contributed by atoms with Crippen LogP contribution in [0.3, 0.4) is 0 Å². The summed E-state index contributed by atoms with van der Waals surface area (Å²) in [6.07, 6.45) is 0. The molecule has 0 aliphatic rings. The number of nitrogen functional groups attached to an aromatic ring is 1. The molecular formula is C13H21N3O2. The predicted molar refractivity (Wildman–Crippen MR) is 73.8 cm³/mol. The highest BCUT2D eigenvalue weighted by Gasteiger charge is 2.10. The van der Waals surface area contributed by atoms with Crippen LogP contribution in [-0.4, -0.2) is 37.6 Å². The monoisotopic (exact) mass is 251 g/mol. The van der Waals surface area contributed by atoms with Crippen LogP contribution in [0.1, 0.15) is 13.8 Å². The van der Waals surface area contributed by atoms with Gasteiger partial charge in [0.1, 0.15) is 5.75 Å². The molecule has 1 rings (SSSR count). The second-order valence-electron chi connectivity index (χ2n) is 3.97. The number of carbonyl (C=O) groups excluding carboxylic acids is 1. The number of methoxy groups -OCH3 is 1. The van der Waals surface area contributed by atoms with Crippen LogP contribution in [0.15, 0.2) is 18.2 Å². The minimum Gasteiger partial charge on any atom is -0.495 e. The summed E-state index contributed by atoms with van der Waals surface area (Å²) in [4.78, 5) is 13.9. The van der Waals surface area contributed by atoms with Gasteiger partial charge in [-0.3, -0.25) is 9.69 Å². The quantitative estimate of drug-likeness (QED) is 0.753. The third-order valence-electron chi connectivity index (χ3n) is 2.76. The lowest BCUT2D eigenvalue weighted by Gasteiger charge is -2.18. The first kappa shape index (κ1) is 14.3. The maximum absolute atomic E-state index is 11.9. The van der Waals surface area contributed by atoms with Crippen LogP contribution in [0.5, 0.6) is 5.75 Å².